The SMILES string of the molecule is CCC1=CC2CC2CC1. The second kappa shape index (κ2) is 1.86. The maximum absolute atomic E-state index is 2.52. The van der Waals surface area contributed by atoms with Gasteiger partial charge in [-0.15, -0.1) is 0 Å². The van der Waals surface area contributed by atoms with E-state index in [1.165, 1.54) is 25.7 Å². The van der Waals surface area contributed by atoms with E-state index in [2.05, 4.69) is 13.0 Å². The van der Waals surface area contributed by atoms with Crippen LogP contribution in [-0.2, 0) is 0 Å². The van der Waals surface area contributed by atoms with Crippen molar-refractivity contribution in [2.45, 2.75) is 32.6 Å². The van der Waals surface area contributed by atoms with Crippen LogP contribution in [0.2, 0.25) is 0 Å². The third-order valence-electron chi connectivity index (χ3n) is 2.72. The molecule has 0 heteroatoms. The van der Waals surface area contributed by atoms with Crippen molar-refractivity contribution < 1.29 is 0 Å². The molecule has 2 unspecified atom stereocenters. The molecule has 1 fully saturated rings. The molecule has 2 aliphatic carbocycles. The van der Waals surface area contributed by atoms with E-state index in [1.54, 1.807) is 5.57 Å². The minimum absolute atomic E-state index is 1.02. The molecule has 0 aromatic carbocycles. The Hall–Kier alpha value is -0.260. The van der Waals surface area contributed by atoms with E-state index < -0.39 is 0 Å². The number of allylic oxidation sites excluding steroid dienone is 2. The molecule has 0 amide bonds. The van der Waals surface area contributed by atoms with Crippen molar-refractivity contribution in [1.82, 2.24) is 0 Å². The van der Waals surface area contributed by atoms with Gasteiger partial charge < -0.3 is 0 Å². The summed E-state index contributed by atoms with van der Waals surface area (Å²) < 4.78 is 0. The molecule has 0 aromatic rings. The van der Waals surface area contributed by atoms with Crippen LogP contribution in [0.3, 0.4) is 0 Å². The summed E-state index contributed by atoms with van der Waals surface area (Å²) in [5, 5.41) is 0. The van der Waals surface area contributed by atoms with Crippen LogP contribution < -0.4 is 0 Å². The smallest absolute Gasteiger partial charge is 0.0199 e. The summed E-state index contributed by atoms with van der Waals surface area (Å²) in [5.74, 6) is 2.13. The molecule has 2 rings (SSSR count). The van der Waals surface area contributed by atoms with Crippen LogP contribution in [0.5, 0.6) is 0 Å². The first-order valence-electron chi connectivity index (χ1n) is 4.09. The monoisotopic (exact) mass is 122 g/mol. The number of hydrogen-bond donors (Lipinski definition) is 0. The Kier molecular flexibility index (Phi) is 1.14. The first-order valence-corrected chi connectivity index (χ1v) is 4.09. The van der Waals surface area contributed by atoms with Crippen LogP contribution in [0.15, 0.2) is 11.6 Å². The lowest BCUT2D eigenvalue weighted by atomic mass is 9.98. The Morgan fingerprint density at radius 1 is 1.67 bits per heavy atom. The highest BCUT2D eigenvalue weighted by Crippen LogP contribution is 2.48. The van der Waals surface area contributed by atoms with Gasteiger partial charge in [0.15, 0.2) is 0 Å². The van der Waals surface area contributed by atoms with E-state index in [0.29, 0.717) is 0 Å². The van der Waals surface area contributed by atoms with Crippen LogP contribution >= 0.6 is 0 Å². The average Bonchev–Trinajstić information content (AvgIpc) is 2.64. The maximum atomic E-state index is 2.52. The van der Waals surface area contributed by atoms with Gasteiger partial charge in [-0.3, -0.25) is 0 Å². The average molecular weight is 122 g/mol. The highest BCUT2D eigenvalue weighted by molar-refractivity contribution is 5.15. The van der Waals surface area contributed by atoms with E-state index in [0.717, 1.165) is 11.8 Å². The molecule has 0 bridgehead atoms. The van der Waals surface area contributed by atoms with Crippen molar-refractivity contribution in [3.8, 4) is 0 Å². The predicted molar refractivity (Wildman–Crippen MR) is 39.2 cm³/mol. The lowest BCUT2D eigenvalue weighted by Crippen LogP contribution is -1.92. The summed E-state index contributed by atoms with van der Waals surface area (Å²) in [6.07, 6.45) is 8.21. The van der Waals surface area contributed by atoms with Crippen LogP contribution in [0.4, 0.5) is 0 Å². The lowest BCUT2D eigenvalue weighted by Gasteiger charge is -2.08. The summed E-state index contributed by atoms with van der Waals surface area (Å²) in [5.41, 5.74) is 1.72. The third-order valence-corrected chi connectivity index (χ3v) is 2.72. The van der Waals surface area contributed by atoms with E-state index in [-0.39, 0.29) is 0 Å². The Morgan fingerprint density at radius 3 is 3.22 bits per heavy atom. The van der Waals surface area contributed by atoms with E-state index in [9.17, 15) is 0 Å². The summed E-state index contributed by atoms with van der Waals surface area (Å²) in [6, 6.07) is 0. The Labute approximate surface area is 57.0 Å². The molecule has 0 aliphatic heterocycles. The van der Waals surface area contributed by atoms with Crippen LogP contribution in [0.1, 0.15) is 32.6 Å². The summed E-state index contributed by atoms with van der Waals surface area (Å²) in [4.78, 5) is 0. The summed E-state index contributed by atoms with van der Waals surface area (Å²) in [7, 11) is 0. The van der Waals surface area contributed by atoms with Gasteiger partial charge in [-0.05, 0) is 37.5 Å². The largest absolute Gasteiger partial charge is 0.0819 e. The fourth-order valence-corrected chi connectivity index (χ4v) is 1.86. The molecule has 0 N–H and O–H groups in total. The molecular weight excluding hydrogens is 108 g/mol. The normalized spacial score (nSPS) is 39.4. The van der Waals surface area contributed by atoms with Gasteiger partial charge in [0.05, 0.1) is 0 Å². The van der Waals surface area contributed by atoms with Crippen molar-refractivity contribution in [3.05, 3.63) is 11.6 Å². The molecular formula is C9H14. The zero-order chi connectivity index (χ0) is 6.27. The minimum Gasteiger partial charge on any atom is -0.0819 e. The lowest BCUT2D eigenvalue weighted by molar-refractivity contribution is 0.646. The quantitative estimate of drug-likeness (QED) is 0.469. The highest BCUT2D eigenvalue weighted by atomic mass is 14.4. The maximum Gasteiger partial charge on any atom is -0.0199 e. The van der Waals surface area contributed by atoms with Gasteiger partial charge in [0.1, 0.15) is 0 Å². The predicted octanol–water partition coefficient (Wildman–Crippen LogP) is 2.75. The Morgan fingerprint density at radius 2 is 2.56 bits per heavy atom. The highest BCUT2D eigenvalue weighted by Gasteiger charge is 2.37. The zero-order valence-corrected chi connectivity index (χ0v) is 6.06. The molecule has 2 aliphatic rings. The van der Waals surface area contributed by atoms with Crippen molar-refractivity contribution in [3.63, 3.8) is 0 Å². The molecule has 9 heavy (non-hydrogen) atoms. The van der Waals surface area contributed by atoms with Crippen LogP contribution in [0.25, 0.3) is 0 Å². The molecule has 0 heterocycles. The van der Waals surface area contributed by atoms with Crippen molar-refractivity contribution in [2.75, 3.05) is 0 Å². The molecule has 50 valence electrons. The second-order valence-electron chi connectivity index (χ2n) is 3.38. The standard InChI is InChI=1S/C9H14/c1-2-7-3-4-8-6-9(8)5-7/h5,8-9H,2-4,6H2,1H3. The molecule has 0 saturated heterocycles. The number of hydrogen-bond acceptors (Lipinski definition) is 0. The first-order chi connectivity index (χ1) is 4.40. The van der Waals surface area contributed by atoms with E-state index in [4.69, 9.17) is 0 Å². The second-order valence-corrected chi connectivity index (χ2v) is 3.38. The van der Waals surface area contributed by atoms with Gasteiger partial charge in [0, 0.05) is 0 Å². The van der Waals surface area contributed by atoms with Gasteiger partial charge in [-0.1, -0.05) is 18.6 Å². The van der Waals surface area contributed by atoms with E-state index in [1.807, 2.05) is 0 Å². The molecule has 2 atom stereocenters. The van der Waals surface area contributed by atoms with Gasteiger partial charge in [0.25, 0.3) is 0 Å². The van der Waals surface area contributed by atoms with Crippen LogP contribution in [0, 0.1) is 11.8 Å². The minimum atomic E-state index is 1.02. The fourth-order valence-electron chi connectivity index (χ4n) is 1.86. The Balaban J connectivity index is 2.06. The van der Waals surface area contributed by atoms with Gasteiger partial charge in [0.2, 0.25) is 0 Å². The number of rotatable bonds is 1. The third kappa shape index (κ3) is 0.910. The summed E-state index contributed by atoms with van der Waals surface area (Å²) >= 11 is 0. The van der Waals surface area contributed by atoms with Gasteiger partial charge in [-0.2, -0.15) is 0 Å². The number of fused-ring (bicyclic) bond motifs is 1. The topological polar surface area (TPSA) is 0 Å². The van der Waals surface area contributed by atoms with Crippen molar-refractivity contribution >= 4 is 0 Å². The van der Waals surface area contributed by atoms with Crippen LogP contribution in [-0.4, -0.2) is 0 Å². The zero-order valence-electron chi connectivity index (χ0n) is 6.06. The van der Waals surface area contributed by atoms with Gasteiger partial charge >= 0.3 is 0 Å². The molecule has 0 aromatic heterocycles. The van der Waals surface area contributed by atoms with Gasteiger partial charge in [-0.25, -0.2) is 0 Å². The summed E-state index contributed by atoms with van der Waals surface area (Å²) in [6.45, 7) is 2.27. The molecule has 0 radical (unpaired) electrons. The molecule has 0 spiro atoms. The molecule has 0 nitrogen and oxygen atoms in total. The Bertz CT molecular complexity index is 144. The van der Waals surface area contributed by atoms with Crippen molar-refractivity contribution in [2.24, 2.45) is 11.8 Å². The first kappa shape index (κ1) is 5.52. The fraction of sp³-hybridized carbons (Fsp3) is 0.778. The molecule has 1 saturated carbocycles. The van der Waals surface area contributed by atoms with Crippen molar-refractivity contribution in [1.29, 1.82) is 0 Å². The van der Waals surface area contributed by atoms with E-state index >= 15 is 0 Å².